The molecule has 0 unspecified atom stereocenters. The van der Waals surface area contributed by atoms with E-state index in [2.05, 4.69) is 15.0 Å². The van der Waals surface area contributed by atoms with Crippen LogP contribution in [-0.4, -0.2) is 39.1 Å². The Morgan fingerprint density at radius 3 is 2.94 bits per heavy atom. The number of fused-ring (bicyclic) bond motifs is 1. The van der Waals surface area contributed by atoms with E-state index in [-0.39, 0.29) is 11.3 Å². The molecule has 16 heavy (non-hydrogen) atoms. The number of rotatable bonds is 2. The van der Waals surface area contributed by atoms with Crippen molar-refractivity contribution >= 4 is 11.9 Å². The number of hydrogen-bond acceptors (Lipinski definition) is 5. The molecule has 0 bridgehead atoms. The van der Waals surface area contributed by atoms with Crippen molar-refractivity contribution in [2.45, 2.75) is 0 Å². The van der Waals surface area contributed by atoms with Crippen LogP contribution in [0.15, 0.2) is 18.6 Å². The summed E-state index contributed by atoms with van der Waals surface area (Å²) in [7, 11) is 1.21. The summed E-state index contributed by atoms with van der Waals surface area (Å²) in [5.74, 6) is -1.83. The van der Waals surface area contributed by atoms with Crippen LogP contribution in [0.4, 0.5) is 0 Å². The fourth-order valence-electron chi connectivity index (χ4n) is 1.25. The van der Waals surface area contributed by atoms with Crippen LogP contribution in [0.3, 0.4) is 0 Å². The first kappa shape index (κ1) is 10.0. The summed E-state index contributed by atoms with van der Waals surface area (Å²) in [6.07, 6.45) is 2.55. The predicted molar refractivity (Wildman–Crippen MR) is 46.9 cm³/mol. The second kappa shape index (κ2) is 3.57. The Morgan fingerprint density at radius 1 is 1.56 bits per heavy atom. The van der Waals surface area contributed by atoms with E-state index >= 15 is 0 Å². The Balaban J connectivity index is 2.71. The number of hydrogen-bond donors (Lipinski definition) is 1. The number of carbonyl (C=O) groups is 2. The van der Waals surface area contributed by atoms with Crippen molar-refractivity contribution in [1.29, 1.82) is 0 Å². The van der Waals surface area contributed by atoms with Crippen LogP contribution >= 0.6 is 0 Å². The number of aromatic nitrogens is 4. The highest BCUT2D eigenvalue weighted by molar-refractivity contribution is 5.92. The van der Waals surface area contributed by atoms with Crippen LogP contribution in [0.1, 0.15) is 20.8 Å². The van der Waals surface area contributed by atoms with E-state index in [0.717, 1.165) is 4.63 Å². The third kappa shape index (κ3) is 1.45. The molecule has 0 atom stereocenters. The number of esters is 1. The van der Waals surface area contributed by atoms with Gasteiger partial charge in [-0.25, -0.2) is 9.59 Å². The summed E-state index contributed by atoms with van der Waals surface area (Å²) >= 11 is 0. The Labute approximate surface area is 88.7 Å². The molecular weight excluding hydrogens is 216 g/mol. The van der Waals surface area contributed by atoms with E-state index in [1.165, 1.54) is 30.2 Å². The van der Waals surface area contributed by atoms with Gasteiger partial charge in [0.15, 0.2) is 5.21 Å². The Bertz CT molecular complexity index is 576. The zero-order chi connectivity index (χ0) is 11.7. The van der Waals surface area contributed by atoms with Crippen molar-refractivity contribution in [3.63, 3.8) is 0 Å². The molecule has 0 aliphatic heterocycles. The average molecular weight is 223 g/mol. The van der Waals surface area contributed by atoms with Gasteiger partial charge in [0.1, 0.15) is 5.10 Å². The van der Waals surface area contributed by atoms with Crippen molar-refractivity contribution in [2.24, 2.45) is 0 Å². The van der Waals surface area contributed by atoms with Crippen molar-refractivity contribution in [3.8, 4) is 0 Å². The molecule has 8 heteroatoms. The molecule has 2 aromatic rings. The van der Waals surface area contributed by atoms with E-state index < -0.39 is 11.9 Å². The number of methoxy groups -OCH3 is 1. The van der Waals surface area contributed by atoms with Crippen LogP contribution < -0.4 is 4.52 Å². The van der Waals surface area contributed by atoms with Gasteiger partial charge in [-0.15, -0.1) is 4.52 Å². The predicted octanol–water partition coefficient (Wildman–Crippen LogP) is -1.20. The zero-order valence-electron chi connectivity index (χ0n) is 8.19. The van der Waals surface area contributed by atoms with Gasteiger partial charge in [0, 0.05) is 6.07 Å². The standard InChI is InChI=1S/C8H6N4O4/c1-16-8(15)5-2-6(7(13)14)11-4-9-10-12(11)3-5/h2-4H,1H3/p+1. The minimum absolute atomic E-state index is 0.0883. The zero-order valence-corrected chi connectivity index (χ0v) is 8.19. The lowest BCUT2D eigenvalue weighted by atomic mass is 10.2. The molecule has 0 saturated heterocycles. The molecule has 0 aromatic carbocycles. The normalized spacial score (nSPS) is 10.3. The summed E-state index contributed by atoms with van der Waals surface area (Å²) in [5, 5.41) is 16.1. The lowest BCUT2D eigenvalue weighted by Gasteiger charge is -1.99. The Hall–Kier alpha value is -2.51. The fourth-order valence-corrected chi connectivity index (χ4v) is 1.25. The van der Waals surface area contributed by atoms with Crippen LogP contribution in [0.5, 0.6) is 0 Å². The number of nitrogens with zero attached hydrogens (tertiary/aromatic N) is 4. The Kier molecular flexibility index (Phi) is 2.24. The maximum Gasteiger partial charge on any atom is 0.370 e. The van der Waals surface area contributed by atoms with Gasteiger partial charge in [-0.2, -0.15) is 0 Å². The monoisotopic (exact) mass is 223 g/mol. The van der Waals surface area contributed by atoms with E-state index in [1.807, 2.05) is 0 Å². The highest BCUT2D eigenvalue weighted by atomic mass is 16.5. The third-order valence-electron chi connectivity index (χ3n) is 1.96. The van der Waals surface area contributed by atoms with Crippen molar-refractivity contribution in [1.82, 2.24) is 14.9 Å². The van der Waals surface area contributed by atoms with Crippen LogP contribution in [0, 0.1) is 0 Å². The maximum atomic E-state index is 11.3. The van der Waals surface area contributed by atoms with Crippen molar-refractivity contribution in [3.05, 3.63) is 29.8 Å². The minimum Gasteiger partial charge on any atom is -0.475 e. The molecule has 2 rings (SSSR count). The highest BCUT2D eigenvalue weighted by Crippen LogP contribution is 2.01. The van der Waals surface area contributed by atoms with Crippen LogP contribution in [-0.2, 0) is 4.74 Å². The van der Waals surface area contributed by atoms with Gasteiger partial charge in [-0.05, 0) is 4.63 Å². The SMILES string of the molecule is COC(=O)c1cc(C(=O)O)[n+]2cnnn2c1. The van der Waals surface area contributed by atoms with Gasteiger partial charge in [0.25, 0.3) is 6.33 Å². The molecule has 0 fully saturated rings. The number of carboxylic acid groups (broad SMARTS) is 1. The number of aromatic carboxylic acids is 1. The molecule has 8 nitrogen and oxygen atoms in total. The number of carboxylic acids is 1. The minimum atomic E-state index is -1.19. The molecule has 2 aromatic heterocycles. The largest absolute Gasteiger partial charge is 0.475 e. The molecule has 0 amide bonds. The number of ether oxygens (including phenoxy) is 1. The molecule has 2 heterocycles. The van der Waals surface area contributed by atoms with E-state index in [0.29, 0.717) is 0 Å². The van der Waals surface area contributed by atoms with Gasteiger partial charge in [0.2, 0.25) is 5.69 Å². The lowest BCUT2D eigenvalue weighted by Crippen LogP contribution is -2.36. The van der Waals surface area contributed by atoms with Crippen LogP contribution in [0.25, 0.3) is 0 Å². The summed E-state index contributed by atoms with van der Waals surface area (Å²) < 4.78 is 6.82. The molecule has 0 spiro atoms. The first-order chi connectivity index (χ1) is 7.63. The fraction of sp³-hybridized carbons (Fsp3) is 0.125. The molecule has 0 saturated carbocycles. The molecular formula is C8H7N4O4+. The summed E-state index contributed by atoms with van der Waals surface area (Å²) in [4.78, 5) is 22.2. The highest BCUT2D eigenvalue weighted by Gasteiger charge is 2.19. The van der Waals surface area contributed by atoms with Gasteiger partial charge in [0.05, 0.1) is 18.9 Å². The van der Waals surface area contributed by atoms with Gasteiger partial charge >= 0.3 is 11.9 Å². The third-order valence-corrected chi connectivity index (χ3v) is 1.96. The molecule has 0 aliphatic carbocycles. The maximum absolute atomic E-state index is 11.3. The molecule has 0 aliphatic rings. The average Bonchev–Trinajstić information content (AvgIpc) is 2.74. The van der Waals surface area contributed by atoms with E-state index in [1.54, 1.807) is 0 Å². The van der Waals surface area contributed by atoms with Crippen LogP contribution in [0.2, 0.25) is 0 Å². The quantitative estimate of drug-likeness (QED) is 0.507. The second-order valence-corrected chi connectivity index (χ2v) is 2.90. The summed E-state index contributed by atoms with van der Waals surface area (Å²) in [6.45, 7) is 0. The summed E-state index contributed by atoms with van der Waals surface area (Å²) in [6, 6.07) is 1.19. The second-order valence-electron chi connectivity index (χ2n) is 2.90. The lowest BCUT2D eigenvalue weighted by molar-refractivity contribution is -0.626. The van der Waals surface area contributed by atoms with Crippen molar-refractivity contribution < 1.29 is 23.9 Å². The van der Waals surface area contributed by atoms with Gasteiger partial charge in [-0.3, -0.25) is 0 Å². The van der Waals surface area contributed by atoms with E-state index in [4.69, 9.17) is 5.11 Å². The van der Waals surface area contributed by atoms with Crippen molar-refractivity contribution in [2.75, 3.05) is 7.11 Å². The Morgan fingerprint density at radius 2 is 2.31 bits per heavy atom. The first-order valence-electron chi connectivity index (χ1n) is 4.21. The molecule has 0 radical (unpaired) electrons. The molecule has 1 N–H and O–H groups in total. The molecule has 82 valence electrons. The van der Waals surface area contributed by atoms with Gasteiger partial charge in [-0.1, -0.05) is 0 Å². The topological polar surface area (TPSA) is 97.9 Å². The number of carbonyl (C=O) groups excluding carboxylic acids is 1. The first-order valence-corrected chi connectivity index (χ1v) is 4.21. The number of tetrazole rings is 1. The van der Waals surface area contributed by atoms with E-state index in [9.17, 15) is 9.59 Å². The van der Waals surface area contributed by atoms with Gasteiger partial charge < -0.3 is 9.84 Å². The summed E-state index contributed by atoms with van der Waals surface area (Å²) in [5.41, 5.74) is -0.0432. The smallest absolute Gasteiger partial charge is 0.370 e.